The number of hydrogen-bond acceptors (Lipinski definition) is 4. The zero-order chi connectivity index (χ0) is 13.0. The summed E-state index contributed by atoms with van der Waals surface area (Å²) < 4.78 is 5.94. The van der Waals surface area contributed by atoms with Gasteiger partial charge in [0, 0.05) is 18.4 Å². The number of hydrogen-bond donors (Lipinski definition) is 1. The number of nitriles is 1. The molecular weight excluding hydrogens is 224 g/mol. The van der Waals surface area contributed by atoms with Crippen molar-refractivity contribution in [3.05, 3.63) is 33.2 Å². The van der Waals surface area contributed by atoms with Gasteiger partial charge in [0.05, 0.1) is 6.61 Å². The lowest BCUT2D eigenvalue weighted by atomic mass is 10.1. The van der Waals surface area contributed by atoms with Crippen molar-refractivity contribution in [1.82, 2.24) is 4.57 Å². The molecule has 6 heteroatoms. The Kier molecular flexibility index (Phi) is 4.01. The maximum absolute atomic E-state index is 11.9. The van der Waals surface area contributed by atoms with Crippen LogP contribution in [0.2, 0.25) is 0 Å². The third-order valence-electron chi connectivity index (χ3n) is 2.29. The number of aromatic nitrogens is 1. The number of aliphatic carboxylic acids is 1. The molecule has 1 N–H and O–H groups in total. The van der Waals surface area contributed by atoms with Gasteiger partial charge < -0.3 is 14.4 Å². The van der Waals surface area contributed by atoms with Gasteiger partial charge in [0.2, 0.25) is 0 Å². The minimum absolute atomic E-state index is 0.0706. The number of ether oxygens (including phenoxy) is 1. The summed E-state index contributed by atoms with van der Waals surface area (Å²) in [4.78, 5) is 22.5. The van der Waals surface area contributed by atoms with E-state index < -0.39 is 18.1 Å². The van der Waals surface area contributed by atoms with Crippen LogP contribution in [0.5, 0.6) is 0 Å². The molecule has 90 valence electrons. The van der Waals surface area contributed by atoms with Crippen LogP contribution in [0.15, 0.2) is 10.9 Å². The molecule has 0 aliphatic rings. The van der Waals surface area contributed by atoms with E-state index in [0.29, 0.717) is 11.3 Å². The van der Waals surface area contributed by atoms with E-state index in [1.807, 2.05) is 0 Å². The maximum atomic E-state index is 11.9. The molecule has 1 aromatic heterocycles. The van der Waals surface area contributed by atoms with Gasteiger partial charge in [0.25, 0.3) is 5.56 Å². The molecular formula is C11H12N2O4. The molecule has 0 aromatic carbocycles. The number of aryl methyl sites for hydroxylation is 1. The molecule has 1 heterocycles. The lowest BCUT2D eigenvalue weighted by Crippen LogP contribution is -2.29. The van der Waals surface area contributed by atoms with Crippen LogP contribution in [0.3, 0.4) is 0 Å². The molecule has 0 aliphatic heterocycles. The molecule has 0 bridgehead atoms. The molecule has 1 rings (SSSR count). The minimum atomic E-state index is -1.13. The smallest absolute Gasteiger partial charge is 0.323 e. The average molecular weight is 236 g/mol. The Balaban J connectivity index is 3.42. The average Bonchev–Trinajstić information content (AvgIpc) is 2.24. The summed E-state index contributed by atoms with van der Waals surface area (Å²) in [5, 5.41) is 17.6. The van der Waals surface area contributed by atoms with Gasteiger partial charge in [-0.05, 0) is 13.0 Å². The largest absolute Gasteiger partial charge is 0.480 e. The molecule has 0 atom stereocenters. The monoisotopic (exact) mass is 236 g/mol. The highest BCUT2D eigenvalue weighted by atomic mass is 16.5. The quantitative estimate of drug-likeness (QED) is 0.809. The van der Waals surface area contributed by atoms with E-state index >= 15 is 0 Å². The molecule has 0 saturated carbocycles. The SMILES string of the molecule is COCc1cc(C)n(CC(=O)O)c(=O)c1C#N. The number of methoxy groups -OCH3 is 1. The van der Waals surface area contributed by atoms with Crippen LogP contribution in [0.4, 0.5) is 0 Å². The Morgan fingerprint density at radius 3 is 2.76 bits per heavy atom. The summed E-state index contributed by atoms with van der Waals surface area (Å²) in [5.41, 5.74) is 0.295. The zero-order valence-electron chi connectivity index (χ0n) is 9.56. The van der Waals surface area contributed by atoms with Crippen LogP contribution >= 0.6 is 0 Å². The summed E-state index contributed by atoms with van der Waals surface area (Å²) in [6.07, 6.45) is 0. The zero-order valence-corrected chi connectivity index (χ0v) is 9.56. The molecule has 0 radical (unpaired) electrons. The van der Waals surface area contributed by atoms with E-state index in [2.05, 4.69) is 0 Å². The van der Waals surface area contributed by atoms with E-state index in [1.54, 1.807) is 19.1 Å². The van der Waals surface area contributed by atoms with Gasteiger partial charge in [-0.1, -0.05) is 0 Å². The Hall–Kier alpha value is -2.13. The second kappa shape index (κ2) is 5.27. The second-order valence-corrected chi connectivity index (χ2v) is 3.52. The first-order valence-corrected chi connectivity index (χ1v) is 4.85. The van der Waals surface area contributed by atoms with Gasteiger partial charge >= 0.3 is 5.97 Å². The predicted octanol–water partition coefficient (Wildman–Crippen LogP) is 0.259. The van der Waals surface area contributed by atoms with Gasteiger partial charge in [0.1, 0.15) is 18.2 Å². The van der Waals surface area contributed by atoms with E-state index in [4.69, 9.17) is 15.1 Å². The van der Waals surface area contributed by atoms with Crippen LogP contribution < -0.4 is 5.56 Å². The van der Waals surface area contributed by atoms with Crippen molar-refractivity contribution >= 4 is 5.97 Å². The highest BCUT2D eigenvalue weighted by Gasteiger charge is 2.14. The third kappa shape index (κ3) is 2.71. The van der Waals surface area contributed by atoms with Crippen molar-refractivity contribution in [2.24, 2.45) is 0 Å². The molecule has 6 nitrogen and oxygen atoms in total. The van der Waals surface area contributed by atoms with Gasteiger partial charge in [-0.15, -0.1) is 0 Å². The molecule has 0 spiro atoms. The third-order valence-corrected chi connectivity index (χ3v) is 2.29. The summed E-state index contributed by atoms with van der Waals surface area (Å²) in [6.45, 7) is 1.31. The number of pyridine rings is 1. The highest BCUT2D eigenvalue weighted by Crippen LogP contribution is 2.08. The fourth-order valence-electron chi connectivity index (χ4n) is 1.56. The fraction of sp³-hybridized carbons (Fsp3) is 0.364. The molecule has 1 aromatic rings. The van der Waals surface area contributed by atoms with Crippen LogP contribution in [-0.4, -0.2) is 22.8 Å². The molecule has 0 fully saturated rings. The molecule has 0 unspecified atom stereocenters. The van der Waals surface area contributed by atoms with E-state index in [0.717, 1.165) is 4.57 Å². The first-order valence-electron chi connectivity index (χ1n) is 4.85. The molecule has 0 saturated heterocycles. The van der Waals surface area contributed by atoms with Gasteiger partial charge in [-0.25, -0.2) is 0 Å². The van der Waals surface area contributed by atoms with Gasteiger partial charge in [0.15, 0.2) is 0 Å². The summed E-state index contributed by atoms with van der Waals surface area (Å²) in [7, 11) is 1.46. The summed E-state index contributed by atoms with van der Waals surface area (Å²) in [5.74, 6) is -1.13. The molecule has 0 aliphatic carbocycles. The Bertz CT molecular complexity index is 540. The number of rotatable bonds is 4. The number of carboxylic acid groups (broad SMARTS) is 1. The van der Waals surface area contributed by atoms with Crippen LogP contribution in [-0.2, 0) is 22.7 Å². The van der Waals surface area contributed by atoms with Crippen molar-refractivity contribution in [3.63, 3.8) is 0 Å². The first-order chi connectivity index (χ1) is 8.01. The lowest BCUT2D eigenvalue weighted by molar-refractivity contribution is -0.137. The van der Waals surface area contributed by atoms with Gasteiger partial charge in [-0.2, -0.15) is 5.26 Å². The maximum Gasteiger partial charge on any atom is 0.323 e. The van der Waals surface area contributed by atoms with Crippen molar-refractivity contribution in [2.45, 2.75) is 20.1 Å². The lowest BCUT2D eigenvalue weighted by Gasteiger charge is -2.10. The van der Waals surface area contributed by atoms with E-state index in [9.17, 15) is 9.59 Å². The van der Waals surface area contributed by atoms with Crippen LogP contribution in [0.25, 0.3) is 0 Å². The second-order valence-electron chi connectivity index (χ2n) is 3.52. The highest BCUT2D eigenvalue weighted by molar-refractivity contribution is 5.66. The van der Waals surface area contributed by atoms with Crippen LogP contribution in [0.1, 0.15) is 16.8 Å². The van der Waals surface area contributed by atoms with Crippen molar-refractivity contribution in [2.75, 3.05) is 7.11 Å². The number of nitrogens with zero attached hydrogens (tertiary/aromatic N) is 2. The molecule has 0 amide bonds. The van der Waals surface area contributed by atoms with Crippen molar-refractivity contribution in [1.29, 1.82) is 5.26 Å². The Labute approximate surface area is 97.7 Å². The number of carbonyl (C=O) groups is 1. The predicted molar refractivity (Wildman–Crippen MR) is 58.5 cm³/mol. The standard InChI is InChI=1S/C11H12N2O4/c1-7-3-8(6-17-2)9(4-12)11(16)13(7)5-10(14)15/h3H,5-6H2,1-2H3,(H,14,15). The van der Waals surface area contributed by atoms with Gasteiger partial charge in [-0.3, -0.25) is 9.59 Å². The Morgan fingerprint density at radius 1 is 1.65 bits per heavy atom. The summed E-state index contributed by atoms with van der Waals surface area (Å²) >= 11 is 0. The minimum Gasteiger partial charge on any atom is -0.480 e. The van der Waals surface area contributed by atoms with Crippen molar-refractivity contribution < 1.29 is 14.6 Å². The van der Waals surface area contributed by atoms with Crippen LogP contribution in [0, 0.1) is 18.3 Å². The fourth-order valence-corrected chi connectivity index (χ4v) is 1.56. The normalized spacial score (nSPS) is 9.94. The first kappa shape index (κ1) is 12.9. The summed E-state index contributed by atoms with van der Waals surface area (Å²) in [6, 6.07) is 3.37. The Morgan fingerprint density at radius 2 is 2.29 bits per heavy atom. The van der Waals surface area contributed by atoms with Crippen molar-refractivity contribution in [3.8, 4) is 6.07 Å². The van der Waals surface area contributed by atoms with E-state index in [-0.39, 0.29) is 12.2 Å². The molecule has 17 heavy (non-hydrogen) atoms. The van der Waals surface area contributed by atoms with E-state index in [1.165, 1.54) is 7.11 Å². The number of carboxylic acids is 1. The topological polar surface area (TPSA) is 92.3 Å².